The molecule has 2 fully saturated rings. The molecule has 3 atom stereocenters. The lowest BCUT2D eigenvalue weighted by Gasteiger charge is -2.40. The van der Waals surface area contributed by atoms with Crippen LogP contribution in [0.5, 0.6) is 0 Å². The fraction of sp³-hybridized carbons (Fsp3) is 0.393. The highest BCUT2D eigenvalue weighted by Crippen LogP contribution is 2.40. The van der Waals surface area contributed by atoms with Gasteiger partial charge in [0.1, 0.15) is 11.7 Å². The summed E-state index contributed by atoms with van der Waals surface area (Å²) in [5.74, 6) is -0.568. The molecule has 1 aromatic heterocycles. The monoisotopic (exact) mass is 472 g/mol. The zero-order chi connectivity index (χ0) is 25.1. The van der Waals surface area contributed by atoms with Gasteiger partial charge in [0.2, 0.25) is 5.91 Å². The molecule has 35 heavy (non-hydrogen) atoms. The average Bonchev–Trinajstić information content (AvgIpc) is 3.51. The Morgan fingerprint density at radius 3 is 2.17 bits per heavy atom. The molecule has 2 aromatic carbocycles. The van der Waals surface area contributed by atoms with Crippen LogP contribution >= 0.6 is 0 Å². The van der Waals surface area contributed by atoms with Gasteiger partial charge < -0.3 is 20.1 Å². The zero-order valence-electron chi connectivity index (χ0n) is 20.7. The SMILES string of the molecule is Cc1ccc(C(=O)N2C[C@@H]3C[C@H]2CN3C(=O)[C@@H](n2c(C(N)=O)cc3ccccc32)C(C)(C)C)cc1. The van der Waals surface area contributed by atoms with Crippen LogP contribution in [0.4, 0.5) is 0 Å². The molecular weight excluding hydrogens is 440 g/mol. The summed E-state index contributed by atoms with van der Waals surface area (Å²) in [6.07, 6.45) is 0.773. The first-order chi connectivity index (χ1) is 16.6. The first-order valence-electron chi connectivity index (χ1n) is 12.1. The van der Waals surface area contributed by atoms with Crippen molar-refractivity contribution in [1.29, 1.82) is 0 Å². The van der Waals surface area contributed by atoms with Gasteiger partial charge >= 0.3 is 0 Å². The molecule has 3 heterocycles. The number of aryl methyl sites for hydroxylation is 1. The number of para-hydroxylation sites is 1. The molecule has 7 heteroatoms. The fourth-order valence-electron chi connectivity index (χ4n) is 5.72. The Morgan fingerprint density at radius 1 is 0.943 bits per heavy atom. The topological polar surface area (TPSA) is 88.6 Å². The molecule has 2 aliphatic heterocycles. The van der Waals surface area contributed by atoms with Crippen molar-refractivity contribution in [1.82, 2.24) is 14.4 Å². The first kappa shape index (κ1) is 23.1. The van der Waals surface area contributed by atoms with Gasteiger partial charge in [0.25, 0.3) is 11.8 Å². The number of nitrogens with zero attached hydrogens (tertiary/aromatic N) is 3. The summed E-state index contributed by atoms with van der Waals surface area (Å²) < 4.78 is 1.82. The Hall–Kier alpha value is -3.61. The average molecular weight is 473 g/mol. The third kappa shape index (κ3) is 3.89. The highest BCUT2D eigenvalue weighted by atomic mass is 16.2. The molecule has 2 N–H and O–H groups in total. The minimum atomic E-state index is -0.606. The minimum absolute atomic E-state index is 0.00427. The highest BCUT2D eigenvalue weighted by molar-refractivity contribution is 5.99. The van der Waals surface area contributed by atoms with Crippen LogP contribution in [0.1, 0.15) is 59.6 Å². The van der Waals surface area contributed by atoms with Crippen molar-refractivity contribution in [3.8, 4) is 0 Å². The van der Waals surface area contributed by atoms with Crippen LogP contribution in [0.2, 0.25) is 0 Å². The van der Waals surface area contributed by atoms with Crippen molar-refractivity contribution in [2.75, 3.05) is 13.1 Å². The quantitative estimate of drug-likeness (QED) is 0.627. The molecule has 0 radical (unpaired) electrons. The van der Waals surface area contributed by atoms with E-state index in [9.17, 15) is 14.4 Å². The summed E-state index contributed by atoms with van der Waals surface area (Å²) >= 11 is 0. The maximum Gasteiger partial charge on any atom is 0.265 e. The molecule has 3 aromatic rings. The van der Waals surface area contributed by atoms with Crippen molar-refractivity contribution >= 4 is 28.6 Å². The van der Waals surface area contributed by atoms with Gasteiger partial charge in [-0.3, -0.25) is 14.4 Å². The summed E-state index contributed by atoms with van der Waals surface area (Å²) in [6, 6.07) is 16.4. The lowest BCUT2D eigenvalue weighted by molar-refractivity contribution is -0.140. The molecule has 2 bridgehead atoms. The van der Waals surface area contributed by atoms with Crippen molar-refractivity contribution in [2.45, 2.75) is 52.2 Å². The summed E-state index contributed by atoms with van der Waals surface area (Å²) in [4.78, 5) is 43.5. The van der Waals surface area contributed by atoms with Gasteiger partial charge in [0, 0.05) is 29.6 Å². The number of carbonyl (C=O) groups is 3. The fourth-order valence-corrected chi connectivity index (χ4v) is 5.72. The van der Waals surface area contributed by atoms with E-state index in [1.807, 2.05) is 90.6 Å². The van der Waals surface area contributed by atoms with Gasteiger partial charge in [-0.1, -0.05) is 56.7 Å². The van der Waals surface area contributed by atoms with Gasteiger partial charge in [-0.25, -0.2) is 0 Å². The lowest BCUT2D eigenvalue weighted by atomic mass is 9.85. The van der Waals surface area contributed by atoms with Crippen LogP contribution in [-0.4, -0.2) is 57.3 Å². The molecule has 5 rings (SSSR count). The normalized spacial score (nSPS) is 20.5. The number of aromatic nitrogens is 1. The van der Waals surface area contributed by atoms with Crippen LogP contribution in [0.3, 0.4) is 0 Å². The zero-order valence-corrected chi connectivity index (χ0v) is 20.7. The molecule has 2 aliphatic rings. The standard InChI is InChI=1S/C28H32N4O3/c1-17-9-11-18(12-10-17)26(34)30-15-21-14-20(30)16-31(21)27(35)24(28(2,3)4)32-22-8-6-5-7-19(22)13-23(32)25(29)33/h5-13,20-21,24H,14-16H2,1-4H3,(H2,29,33)/t20-,21-,24+/m0/s1. The van der Waals surface area contributed by atoms with Gasteiger partial charge in [-0.2, -0.15) is 0 Å². The number of likely N-dealkylation sites (tertiary alicyclic amines) is 2. The second-order valence-electron chi connectivity index (χ2n) is 10.9. The number of hydrogen-bond donors (Lipinski definition) is 1. The molecule has 0 spiro atoms. The Bertz CT molecular complexity index is 1320. The largest absolute Gasteiger partial charge is 0.364 e. The summed E-state index contributed by atoms with van der Waals surface area (Å²) in [5, 5.41) is 0.876. The van der Waals surface area contributed by atoms with Crippen LogP contribution in [0.25, 0.3) is 10.9 Å². The molecule has 0 aliphatic carbocycles. The highest BCUT2D eigenvalue weighted by Gasteiger charge is 2.50. The molecule has 3 amide bonds. The van der Waals surface area contributed by atoms with Crippen molar-refractivity contribution in [3.63, 3.8) is 0 Å². The van der Waals surface area contributed by atoms with E-state index in [1.54, 1.807) is 6.07 Å². The Morgan fingerprint density at radius 2 is 1.57 bits per heavy atom. The maximum atomic E-state index is 14.1. The van der Waals surface area contributed by atoms with Crippen molar-refractivity contribution in [3.05, 3.63) is 71.4 Å². The summed E-state index contributed by atoms with van der Waals surface area (Å²) in [6.45, 7) is 9.05. The van der Waals surface area contributed by atoms with E-state index in [2.05, 4.69) is 0 Å². The number of amides is 3. The number of benzene rings is 2. The van der Waals surface area contributed by atoms with Gasteiger partial charge in [0.05, 0.1) is 12.1 Å². The predicted octanol–water partition coefficient (Wildman–Crippen LogP) is 3.76. The van der Waals surface area contributed by atoms with Crippen LogP contribution in [-0.2, 0) is 4.79 Å². The van der Waals surface area contributed by atoms with Crippen LogP contribution < -0.4 is 5.73 Å². The van der Waals surface area contributed by atoms with E-state index in [4.69, 9.17) is 5.73 Å². The number of nitrogens with two attached hydrogens (primary N) is 1. The molecule has 182 valence electrons. The number of hydrogen-bond acceptors (Lipinski definition) is 3. The number of rotatable bonds is 4. The van der Waals surface area contributed by atoms with Crippen molar-refractivity contribution in [2.24, 2.45) is 11.1 Å². The number of carbonyl (C=O) groups excluding carboxylic acids is 3. The number of fused-ring (bicyclic) bond motifs is 3. The second kappa shape index (κ2) is 8.26. The predicted molar refractivity (Wildman–Crippen MR) is 135 cm³/mol. The number of piperazine rings is 1. The third-order valence-corrected chi connectivity index (χ3v) is 7.40. The van der Waals surface area contributed by atoms with E-state index in [1.165, 1.54) is 0 Å². The summed E-state index contributed by atoms with van der Waals surface area (Å²) in [7, 11) is 0. The van der Waals surface area contributed by atoms with E-state index in [-0.39, 0.29) is 23.9 Å². The van der Waals surface area contributed by atoms with Crippen molar-refractivity contribution < 1.29 is 14.4 Å². The maximum absolute atomic E-state index is 14.1. The Labute approximate surface area is 205 Å². The Balaban J connectivity index is 1.45. The minimum Gasteiger partial charge on any atom is -0.364 e. The third-order valence-electron chi connectivity index (χ3n) is 7.40. The van der Waals surface area contributed by atoms with E-state index in [0.29, 0.717) is 24.3 Å². The lowest BCUT2D eigenvalue weighted by Crippen LogP contribution is -2.53. The second-order valence-corrected chi connectivity index (χ2v) is 10.9. The van der Waals surface area contributed by atoms with E-state index in [0.717, 1.165) is 22.9 Å². The molecular formula is C28H32N4O3. The van der Waals surface area contributed by atoms with Crippen LogP contribution in [0, 0.1) is 12.3 Å². The van der Waals surface area contributed by atoms with Gasteiger partial charge in [-0.15, -0.1) is 0 Å². The van der Waals surface area contributed by atoms with E-state index >= 15 is 0 Å². The Kier molecular flexibility index (Phi) is 5.46. The molecule has 2 saturated heterocycles. The molecule has 0 saturated carbocycles. The molecule has 7 nitrogen and oxygen atoms in total. The first-order valence-corrected chi connectivity index (χ1v) is 12.1. The summed E-state index contributed by atoms with van der Waals surface area (Å²) in [5.41, 5.74) is 8.23. The number of primary amides is 1. The van der Waals surface area contributed by atoms with Gasteiger partial charge in [0.15, 0.2) is 0 Å². The van der Waals surface area contributed by atoms with Crippen LogP contribution in [0.15, 0.2) is 54.6 Å². The van der Waals surface area contributed by atoms with Gasteiger partial charge in [-0.05, 0) is 43.0 Å². The molecule has 0 unspecified atom stereocenters. The van der Waals surface area contributed by atoms with E-state index < -0.39 is 17.4 Å². The smallest absolute Gasteiger partial charge is 0.265 e.